The molecule has 2 N–H and O–H groups in total. The molecule has 0 radical (unpaired) electrons. The molecule has 0 unspecified atom stereocenters. The molecule has 0 aromatic carbocycles. The molecule has 0 amide bonds. The molecule has 0 aliphatic carbocycles. The van der Waals surface area contributed by atoms with Gasteiger partial charge in [0.05, 0.1) is 6.61 Å². The molecule has 0 fully saturated rings. The maximum absolute atomic E-state index is 5.48. The first-order chi connectivity index (χ1) is 10.4. The number of ether oxygens (including phenoxy) is 1. The highest BCUT2D eigenvalue weighted by Gasteiger charge is 2.09. The number of hydroxylamine groups is 2. The molecule has 0 aromatic rings. The van der Waals surface area contributed by atoms with Crippen LogP contribution in [0.3, 0.4) is 0 Å². The van der Waals surface area contributed by atoms with Crippen molar-refractivity contribution in [2.45, 2.75) is 34.6 Å². The number of nitrogens with zero attached hydrogens (tertiary/aromatic N) is 2. The largest absolute Gasteiger partial charge is 0.472 e. The van der Waals surface area contributed by atoms with Gasteiger partial charge in [-0.15, -0.1) is 17.3 Å². The molecule has 22 heavy (non-hydrogen) atoms. The van der Waals surface area contributed by atoms with E-state index in [-0.39, 0.29) is 5.17 Å². The van der Waals surface area contributed by atoms with Gasteiger partial charge in [0.15, 0.2) is 0 Å². The van der Waals surface area contributed by atoms with Crippen LogP contribution in [0.1, 0.15) is 34.6 Å². The molecule has 5 nitrogen and oxygen atoms in total. The van der Waals surface area contributed by atoms with E-state index in [1.807, 2.05) is 36.4 Å². The summed E-state index contributed by atoms with van der Waals surface area (Å²) in [6, 6.07) is 0. The highest BCUT2D eigenvalue weighted by Crippen LogP contribution is 1.98. The van der Waals surface area contributed by atoms with Gasteiger partial charge >= 0.3 is 0 Å². The Morgan fingerprint density at radius 3 is 1.68 bits per heavy atom. The number of hydrogen-bond donors (Lipinski definition) is 1. The molecule has 0 rings (SSSR count). The van der Waals surface area contributed by atoms with E-state index in [2.05, 4.69) is 37.4 Å². The Hall–Kier alpha value is -0.703. The van der Waals surface area contributed by atoms with Crippen LogP contribution in [0.4, 0.5) is 0 Å². The van der Waals surface area contributed by atoms with E-state index in [9.17, 15) is 0 Å². The maximum Gasteiger partial charge on any atom is 0.281 e. The minimum Gasteiger partial charge on any atom is -0.472 e. The molecule has 0 spiro atoms. The van der Waals surface area contributed by atoms with Gasteiger partial charge in [0.25, 0.3) is 10.3 Å². The number of nitrogens with two attached hydrogens (primary N) is 1. The van der Waals surface area contributed by atoms with Crippen LogP contribution in [0.25, 0.3) is 0 Å². The number of rotatable bonds is 6. The molecule has 0 atom stereocenters. The van der Waals surface area contributed by atoms with Gasteiger partial charge in [-0.3, -0.25) is 0 Å². The lowest BCUT2D eigenvalue weighted by atomic mass is 10.6. The van der Waals surface area contributed by atoms with Crippen molar-refractivity contribution >= 4 is 45.0 Å². The van der Waals surface area contributed by atoms with Crippen molar-refractivity contribution < 1.29 is 9.57 Å². The second-order valence-corrected chi connectivity index (χ2v) is 5.37. The second kappa shape index (κ2) is 20.3. The standard InChI is InChI=1S/C9H20N2OS.C3H7NOS.C2H6Si/c1-5-10(6-2)9(13)12-11(7-3)8-4;1-2-5-3(4)6;1-2-3/h5-8H2,1-4H3;2H2,1H3,(H2,4,6);2H,1H2,3H3. The first-order valence-corrected chi connectivity index (χ1v) is 9.56. The molecule has 0 heterocycles. The maximum atomic E-state index is 5.48. The Kier molecular flexibility index (Phi) is 24.2. The Balaban J connectivity index is -0.000000333. The first kappa shape index (κ1) is 26.2. The summed E-state index contributed by atoms with van der Waals surface area (Å²) in [5.74, 6) is 0. The monoisotopic (exact) mass is 367 g/mol. The fraction of sp³-hybridized carbons (Fsp3) is 0.714. The van der Waals surface area contributed by atoms with Crippen molar-refractivity contribution in [3.8, 4) is 0 Å². The summed E-state index contributed by atoms with van der Waals surface area (Å²) in [6.07, 6.45) is 0. The van der Waals surface area contributed by atoms with Crippen molar-refractivity contribution in [2.75, 3.05) is 32.8 Å². The summed E-state index contributed by atoms with van der Waals surface area (Å²) in [4.78, 5) is 7.50. The van der Waals surface area contributed by atoms with Gasteiger partial charge in [-0.2, -0.15) is 0 Å². The third-order valence-corrected chi connectivity index (χ3v) is 2.67. The molecule has 0 aliphatic rings. The van der Waals surface area contributed by atoms with E-state index in [1.54, 1.807) is 0 Å². The lowest BCUT2D eigenvalue weighted by Crippen LogP contribution is -2.37. The first-order valence-electron chi connectivity index (χ1n) is 7.59. The topological polar surface area (TPSA) is 51.0 Å². The quantitative estimate of drug-likeness (QED) is 0.435. The summed E-state index contributed by atoms with van der Waals surface area (Å²) < 4.78 is 4.55. The van der Waals surface area contributed by atoms with Gasteiger partial charge in [0.2, 0.25) is 0 Å². The van der Waals surface area contributed by atoms with Gasteiger partial charge in [0, 0.05) is 36.4 Å². The highest BCUT2D eigenvalue weighted by molar-refractivity contribution is 7.80. The van der Waals surface area contributed by atoms with E-state index in [0.29, 0.717) is 11.8 Å². The van der Waals surface area contributed by atoms with Crippen molar-refractivity contribution in [3.63, 3.8) is 0 Å². The molecular formula is C14H33N3O2S2Si. The van der Waals surface area contributed by atoms with E-state index >= 15 is 0 Å². The minimum atomic E-state index is 0.123. The van der Waals surface area contributed by atoms with Gasteiger partial charge in [-0.25, -0.2) is 0 Å². The third kappa shape index (κ3) is 19.3. The van der Waals surface area contributed by atoms with Crippen LogP contribution in [0, 0.1) is 0 Å². The summed E-state index contributed by atoms with van der Waals surface area (Å²) in [5.41, 5.74) is 6.80. The summed E-state index contributed by atoms with van der Waals surface area (Å²) >= 11 is 9.49. The summed E-state index contributed by atoms with van der Waals surface area (Å²) in [5, 5.41) is 2.55. The van der Waals surface area contributed by atoms with Crippen molar-refractivity contribution in [2.24, 2.45) is 5.73 Å². The number of thiocarbonyl (C=S) groups is 2. The van der Waals surface area contributed by atoms with E-state index in [1.165, 1.54) is 0 Å². The van der Waals surface area contributed by atoms with Crippen LogP contribution in [-0.4, -0.2) is 63.3 Å². The second-order valence-electron chi connectivity index (χ2n) is 3.80. The zero-order valence-electron chi connectivity index (χ0n) is 14.9. The van der Waals surface area contributed by atoms with Crippen molar-refractivity contribution in [1.29, 1.82) is 0 Å². The Morgan fingerprint density at radius 1 is 1.09 bits per heavy atom. The molecule has 0 saturated carbocycles. The summed E-state index contributed by atoms with van der Waals surface area (Å²) in [6.45, 7) is 17.6. The molecule has 0 saturated heterocycles. The molecule has 0 aromatic heterocycles. The zero-order chi connectivity index (χ0) is 18.0. The lowest BCUT2D eigenvalue weighted by Gasteiger charge is -2.26. The third-order valence-electron chi connectivity index (χ3n) is 2.22. The van der Waals surface area contributed by atoms with Crippen LogP contribution >= 0.6 is 24.4 Å². The molecule has 8 heteroatoms. The van der Waals surface area contributed by atoms with Gasteiger partial charge in [0.1, 0.15) is 0 Å². The van der Waals surface area contributed by atoms with E-state index < -0.39 is 0 Å². The van der Waals surface area contributed by atoms with E-state index in [4.69, 9.17) is 22.8 Å². The fourth-order valence-electron chi connectivity index (χ4n) is 1.14. The fourth-order valence-corrected chi connectivity index (χ4v) is 1.63. The summed E-state index contributed by atoms with van der Waals surface area (Å²) in [7, 11) is 1.13. The van der Waals surface area contributed by atoms with Crippen LogP contribution in [-0.2, 0) is 9.57 Å². The van der Waals surface area contributed by atoms with E-state index in [0.717, 1.165) is 36.4 Å². The predicted molar refractivity (Wildman–Crippen MR) is 108 cm³/mol. The lowest BCUT2D eigenvalue weighted by molar-refractivity contribution is -0.0730. The Bertz CT molecular complexity index is 287. The molecule has 0 aliphatic heterocycles. The normalized spacial score (nSPS) is 8.82. The van der Waals surface area contributed by atoms with Crippen LogP contribution < -0.4 is 5.73 Å². The van der Waals surface area contributed by atoms with Crippen LogP contribution in [0.2, 0.25) is 0 Å². The smallest absolute Gasteiger partial charge is 0.281 e. The van der Waals surface area contributed by atoms with Crippen LogP contribution in [0.15, 0.2) is 12.3 Å². The Morgan fingerprint density at radius 2 is 1.50 bits per heavy atom. The minimum absolute atomic E-state index is 0.123. The van der Waals surface area contributed by atoms with Crippen LogP contribution in [0.5, 0.6) is 0 Å². The molecule has 0 bridgehead atoms. The van der Waals surface area contributed by atoms with Gasteiger partial charge < -0.3 is 20.2 Å². The highest BCUT2D eigenvalue weighted by atomic mass is 32.1. The van der Waals surface area contributed by atoms with Gasteiger partial charge in [-0.1, -0.05) is 0 Å². The zero-order valence-corrected chi connectivity index (χ0v) is 18.6. The van der Waals surface area contributed by atoms with Gasteiger partial charge in [-0.05, 0) is 59.1 Å². The van der Waals surface area contributed by atoms with Crippen molar-refractivity contribution in [1.82, 2.24) is 9.96 Å². The molecule has 132 valence electrons. The SMILES string of the molecule is C=C[SiH3].CCN(CC)OC(=S)N(CC)CC.CCOC(N)=S. The van der Waals surface area contributed by atoms with Crippen molar-refractivity contribution in [3.05, 3.63) is 12.3 Å². The number of hydrogen-bond acceptors (Lipinski definition) is 5. The molecular weight excluding hydrogens is 334 g/mol. The average Bonchev–Trinajstić information content (AvgIpc) is 2.47. The average molecular weight is 368 g/mol. The Labute approximate surface area is 150 Å². The predicted octanol–water partition coefficient (Wildman–Crippen LogP) is 1.65.